The van der Waals surface area contributed by atoms with Crippen LogP contribution in [0.4, 0.5) is 0 Å². The quantitative estimate of drug-likeness (QED) is 0.798. The van der Waals surface area contributed by atoms with Crippen LogP contribution >= 0.6 is 0 Å². The lowest BCUT2D eigenvalue weighted by Gasteiger charge is -2.21. The molecule has 0 aliphatic carbocycles. The number of carboxylic acids is 1. The number of carboxylic acid groups (broad SMARTS) is 1. The van der Waals surface area contributed by atoms with Gasteiger partial charge in [0.25, 0.3) is 0 Å². The molecule has 1 aromatic rings. The maximum absolute atomic E-state index is 11.8. The van der Waals surface area contributed by atoms with E-state index < -0.39 is 11.5 Å². The van der Waals surface area contributed by atoms with Gasteiger partial charge in [-0.3, -0.25) is 4.79 Å². The first kappa shape index (κ1) is 16.8. The van der Waals surface area contributed by atoms with Crippen molar-refractivity contribution in [1.82, 2.24) is 5.32 Å². The van der Waals surface area contributed by atoms with Gasteiger partial charge < -0.3 is 19.9 Å². The van der Waals surface area contributed by atoms with Crippen LogP contribution in [0.25, 0.3) is 0 Å². The maximum Gasteiger partial charge on any atom is 0.328 e. The summed E-state index contributed by atoms with van der Waals surface area (Å²) in [5.74, 6) is -0.0886. The zero-order valence-corrected chi connectivity index (χ0v) is 12.7. The number of hydrogen-bond donors (Lipinski definition) is 2. The molecule has 0 atom stereocenters. The minimum atomic E-state index is -1.27. The van der Waals surface area contributed by atoms with Gasteiger partial charge >= 0.3 is 5.97 Å². The van der Waals surface area contributed by atoms with Gasteiger partial charge in [0.2, 0.25) is 5.91 Å². The molecule has 0 heterocycles. The molecule has 1 amide bonds. The van der Waals surface area contributed by atoms with Crippen molar-refractivity contribution in [2.24, 2.45) is 0 Å². The Labute approximate surface area is 124 Å². The molecule has 2 N–H and O–H groups in total. The Kier molecular flexibility index (Phi) is 5.58. The molecule has 0 bridgehead atoms. The summed E-state index contributed by atoms with van der Waals surface area (Å²) in [6, 6.07) is 5.38. The van der Waals surface area contributed by atoms with Crippen LogP contribution in [0.1, 0.15) is 25.8 Å². The Bertz CT molecular complexity index is 503. The van der Waals surface area contributed by atoms with Crippen LogP contribution in [0.15, 0.2) is 18.2 Å². The Morgan fingerprint density at radius 2 is 1.67 bits per heavy atom. The number of benzene rings is 1. The highest BCUT2D eigenvalue weighted by Crippen LogP contribution is 2.23. The van der Waals surface area contributed by atoms with Crippen LogP contribution in [0.3, 0.4) is 0 Å². The summed E-state index contributed by atoms with van der Waals surface area (Å²) < 4.78 is 10.3. The molecular weight excluding hydrogens is 274 g/mol. The van der Waals surface area contributed by atoms with Crippen LogP contribution in [0.2, 0.25) is 0 Å². The fourth-order valence-electron chi connectivity index (χ4n) is 1.73. The second kappa shape index (κ2) is 6.97. The number of ether oxygens (including phenoxy) is 2. The predicted octanol–water partition coefficient (Wildman–Crippen LogP) is 1.62. The van der Waals surface area contributed by atoms with Gasteiger partial charge in [-0.25, -0.2) is 4.79 Å². The van der Waals surface area contributed by atoms with E-state index in [-0.39, 0.29) is 12.3 Å². The number of carbonyl (C=O) groups excluding carboxylic acids is 1. The molecule has 0 unspecified atom stereocenters. The monoisotopic (exact) mass is 295 g/mol. The molecule has 1 aromatic carbocycles. The van der Waals surface area contributed by atoms with Gasteiger partial charge in [-0.05, 0) is 38.0 Å². The summed E-state index contributed by atoms with van der Waals surface area (Å²) in [7, 11) is 3.11. The van der Waals surface area contributed by atoms with Gasteiger partial charge in [-0.1, -0.05) is 0 Å². The van der Waals surface area contributed by atoms with Gasteiger partial charge in [0, 0.05) is 12.5 Å². The largest absolute Gasteiger partial charge is 0.497 e. The van der Waals surface area contributed by atoms with E-state index in [1.165, 1.54) is 13.8 Å². The fourth-order valence-corrected chi connectivity index (χ4v) is 1.73. The standard InChI is InChI=1S/C15H21NO5/c1-15(2,14(18)19)16-13(17)6-5-10-7-11(20-3)9-12(8-10)21-4/h7-9H,5-6H2,1-4H3,(H,16,17)(H,18,19). The number of nitrogens with one attached hydrogen (secondary N) is 1. The first-order valence-electron chi connectivity index (χ1n) is 6.55. The summed E-state index contributed by atoms with van der Waals surface area (Å²) in [6.07, 6.45) is 0.655. The molecule has 0 fully saturated rings. The number of methoxy groups -OCH3 is 2. The summed E-state index contributed by atoms with van der Waals surface area (Å²) in [5.41, 5.74) is -0.391. The molecule has 0 saturated heterocycles. The van der Waals surface area contributed by atoms with Gasteiger partial charge in [0.1, 0.15) is 17.0 Å². The molecule has 0 radical (unpaired) electrons. The highest BCUT2D eigenvalue weighted by molar-refractivity contribution is 5.86. The molecule has 0 aromatic heterocycles. The molecule has 6 nitrogen and oxygen atoms in total. The molecule has 1 rings (SSSR count). The van der Waals surface area contributed by atoms with Gasteiger partial charge in [-0.2, -0.15) is 0 Å². The van der Waals surface area contributed by atoms with Crippen LogP contribution < -0.4 is 14.8 Å². The first-order chi connectivity index (χ1) is 9.78. The molecule has 0 spiro atoms. The molecule has 0 aliphatic rings. The SMILES string of the molecule is COc1cc(CCC(=O)NC(C)(C)C(=O)O)cc(OC)c1. The number of carbonyl (C=O) groups is 2. The first-order valence-corrected chi connectivity index (χ1v) is 6.55. The maximum atomic E-state index is 11.8. The van der Waals surface area contributed by atoms with Crippen molar-refractivity contribution in [3.05, 3.63) is 23.8 Å². The van der Waals surface area contributed by atoms with Crippen molar-refractivity contribution in [2.75, 3.05) is 14.2 Å². The van der Waals surface area contributed by atoms with Crippen LogP contribution in [0.5, 0.6) is 11.5 Å². The van der Waals surface area contributed by atoms with Crippen molar-refractivity contribution in [3.8, 4) is 11.5 Å². The number of amides is 1. The Balaban J connectivity index is 2.67. The van der Waals surface area contributed by atoms with E-state index >= 15 is 0 Å². The Morgan fingerprint density at radius 1 is 1.14 bits per heavy atom. The predicted molar refractivity (Wildman–Crippen MR) is 77.7 cm³/mol. The van der Waals surface area contributed by atoms with Gasteiger partial charge in [0.05, 0.1) is 14.2 Å². The lowest BCUT2D eigenvalue weighted by molar-refractivity contribution is -0.146. The van der Waals surface area contributed by atoms with E-state index in [0.29, 0.717) is 17.9 Å². The summed E-state index contributed by atoms with van der Waals surface area (Å²) in [5, 5.41) is 11.4. The normalized spacial score (nSPS) is 10.9. The number of aliphatic carboxylic acids is 1. The molecule has 21 heavy (non-hydrogen) atoms. The molecule has 6 heteroatoms. The Morgan fingerprint density at radius 3 is 2.10 bits per heavy atom. The second-order valence-corrected chi connectivity index (χ2v) is 5.20. The van der Waals surface area contributed by atoms with Crippen molar-refractivity contribution >= 4 is 11.9 Å². The zero-order chi connectivity index (χ0) is 16.0. The average Bonchev–Trinajstić information content (AvgIpc) is 2.44. The number of rotatable bonds is 7. The minimum Gasteiger partial charge on any atom is -0.497 e. The average molecular weight is 295 g/mol. The third-order valence-corrected chi connectivity index (χ3v) is 3.04. The lowest BCUT2D eigenvalue weighted by Crippen LogP contribution is -2.49. The van der Waals surface area contributed by atoms with Crippen molar-refractivity contribution < 1.29 is 24.2 Å². The summed E-state index contributed by atoms with van der Waals surface area (Å²) in [4.78, 5) is 22.8. The minimum absolute atomic E-state index is 0.188. The van der Waals surface area contributed by atoms with E-state index in [1.54, 1.807) is 20.3 Å². The Hall–Kier alpha value is -2.24. The summed E-state index contributed by atoms with van der Waals surface area (Å²) >= 11 is 0. The third kappa shape index (κ3) is 4.98. The number of hydrogen-bond acceptors (Lipinski definition) is 4. The van der Waals surface area contributed by atoms with E-state index in [1.807, 2.05) is 12.1 Å². The second-order valence-electron chi connectivity index (χ2n) is 5.20. The van der Waals surface area contributed by atoms with E-state index in [4.69, 9.17) is 14.6 Å². The smallest absolute Gasteiger partial charge is 0.328 e. The van der Waals surface area contributed by atoms with Crippen molar-refractivity contribution in [1.29, 1.82) is 0 Å². The highest BCUT2D eigenvalue weighted by atomic mass is 16.5. The topological polar surface area (TPSA) is 84.9 Å². The number of aryl methyl sites for hydroxylation is 1. The molecule has 0 saturated carbocycles. The van der Waals surface area contributed by atoms with E-state index in [9.17, 15) is 9.59 Å². The summed E-state index contributed by atoms with van der Waals surface area (Å²) in [6.45, 7) is 2.89. The molecule has 116 valence electrons. The van der Waals surface area contributed by atoms with Gasteiger partial charge in [-0.15, -0.1) is 0 Å². The highest BCUT2D eigenvalue weighted by Gasteiger charge is 2.28. The van der Waals surface area contributed by atoms with Crippen molar-refractivity contribution in [2.45, 2.75) is 32.2 Å². The van der Waals surface area contributed by atoms with Gasteiger partial charge in [0.15, 0.2) is 0 Å². The molecular formula is C15H21NO5. The fraction of sp³-hybridized carbons (Fsp3) is 0.467. The van der Waals surface area contributed by atoms with E-state index in [2.05, 4.69) is 5.32 Å². The van der Waals surface area contributed by atoms with Crippen molar-refractivity contribution in [3.63, 3.8) is 0 Å². The lowest BCUT2D eigenvalue weighted by atomic mass is 10.0. The molecule has 0 aliphatic heterocycles. The zero-order valence-electron chi connectivity index (χ0n) is 12.7. The van der Waals surface area contributed by atoms with Crippen LogP contribution in [-0.2, 0) is 16.0 Å². The van der Waals surface area contributed by atoms with Crippen LogP contribution in [0, 0.1) is 0 Å². The van der Waals surface area contributed by atoms with E-state index in [0.717, 1.165) is 5.56 Å². The van der Waals surface area contributed by atoms with Crippen LogP contribution in [-0.4, -0.2) is 36.7 Å². The third-order valence-electron chi connectivity index (χ3n) is 3.04.